The third-order valence-corrected chi connectivity index (χ3v) is 1.65. The van der Waals surface area contributed by atoms with Gasteiger partial charge in [-0.05, 0) is 24.8 Å². The second-order valence-electron chi connectivity index (χ2n) is 2.82. The van der Waals surface area contributed by atoms with Gasteiger partial charge in [-0.15, -0.1) is 0 Å². The van der Waals surface area contributed by atoms with Crippen molar-refractivity contribution in [3.63, 3.8) is 0 Å². The highest BCUT2D eigenvalue weighted by atomic mass is 14.3. The maximum Gasteiger partial charge on any atom is 0.00591 e. The van der Waals surface area contributed by atoms with Gasteiger partial charge in [0, 0.05) is 6.08 Å². The lowest BCUT2D eigenvalue weighted by Crippen LogP contribution is -1.75. The van der Waals surface area contributed by atoms with Gasteiger partial charge in [-0.25, -0.2) is 0 Å². The Morgan fingerprint density at radius 2 is 2.15 bits per heavy atom. The largest absolute Gasteiger partial charge is 0.259 e. The summed E-state index contributed by atoms with van der Waals surface area (Å²) in [6.07, 6.45) is 9.68. The molecule has 0 spiro atoms. The quantitative estimate of drug-likeness (QED) is 0.487. The molecule has 0 aromatic carbocycles. The maximum absolute atomic E-state index is 6.80. The van der Waals surface area contributed by atoms with E-state index in [0.29, 0.717) is 0 Å². The fraction of sp³-hybridized carbons (Fsp3) is 0.333. The van der Waals surface area contributed by atoms with Crippen LogP contribution in [0.5, 0.6) is 0 Å². The highest BCUT2D eigenvalue weighted by Crippen LogP contribution is 2.06. The van der Waals surface area contributed by atoms with Crippen LogP contribution in [0.1, 0.15) is 26.7 Å². The van der Waals surface area contributed by atoms with Gasteiger partial charge in [0.05, 0.1) is 0 Å². The summed E-state index contributed by atoms with van der Waals surface area (Å²) in [4.78, 5) is 0. The predicted molar refractivity (Wildman–Crippen MR) is 59.2 cm³/mol. The number of hydrogen-bond acceptors (Lipinski definition) is 1. The fourth-order valence-corrected chi connectivity index (χ4v) is 0.930. The molecule has 0 aromatic heterocycles. The lowest BCUT2D eigenvalue weighted by Gasteiger charge is -1.95. The molecule has 0 fully saturated rings. The summed E-state index contributed by atoms with van der Waals surface area (Å²) in [5, 5.41) is 6.80. The first kappa shape index (κ1) is 11.7. The Morgan fingerprint density at radius 1 is 1.46 bits per heavy atom. The summed E-state index contributed by atoms with van der Waals surface area (Å²) in [5.41, 5.74) is 2.12. The number of allylic oxidation sites excluding steroid dienone is 6. The third-order valence-electron chi connectivity index (χ3n) is 1.65. The minimum Gasteiger partial charge on any atom is -0.259 e. The van der Waals surface area contributed by atoms with Crippen LogP contribution >= 0.6 is 0 Å². The minimum absolute atomic E-state index is 0.993. The lowest BCUT2D eigenvalue weighted by molar-refractivity contribution is 0.930. The van der Waals surface area contributed by atoms with E-state index in [1.54, 1.807) is 6.08 Å². The van der Waals surface area contributed by atoms with Crippen LogP contribution in [0.15, 0.2) is 42.0 Å². The average Bonchev–Trinajstić information content (AvgIpc) is 2.12. The first-order chi connectivity index (χ1) is 6.24. The van der Waals surface area contributed by atoms with Crippen LogP contribution < -0.4 is 0 Å². The molecule has 70 valence electrons. The van der Waals surface area contributed by atoms with Crippen LogP contribution in [0.4, 0.5) is 0 Å². The summed E-state index contributed by atoms with van der Waals surface area (Å²) in [5.74, 6) is 2.25. The number of nitrogens with one attached hydrogen (secondary N) is 1. The molecule has 0 saturated carbocycles. The molecule has 0 unspecified atom stereocenters. The van der Waals surface area contributed by atoms with Crippen molar-refractivity contribution in [2.75, 3.05) is 0 Å². The highest BCUT2D eigenvalue weighted by Gasteiger charge is 1.86. The molecule has 0 rings (SSSR count). The highest BCUT2D eigenvalue weighted by molar-refractivity contribution is 5.56. The van der Waals surface area contributed by atoms with E-state index in [4.69, 9.17) is 5.41 Å². The molecule has 1 heteroatoms. The molecule has 0 aliphatic rings. The SMILES string of the molecule is C=C(/C=C\C(C=C=N)=C/C)CCC. The van der Waals surface area contributed by atoms with Gasteiger partial charge in [0.2, 0.25) is 0 Å². The van der Waals surface area contributed by atoms with Gasteiger partial charge in [-0.1, -0.05) is 43.7 Å². The molecular formula is C12H17N. The predicted octanol–water partition coefficient (Wildman–Crippen LogP) is 3.65. The molecule has 1 nitrogen and oxygen atoms in total. The van der Waals surface area contributed by atoms with E-state index >= 15 is 0 Å². The Hall–Kier alpha value is -1.33. The molecule has 0 bridgehead atoms. The first-order valence-electron chi connectivity index (χ1n) is 4.52. The van der Waals surface area contributed by atoms with Crippen molar-refractivity contribution < 1.29 is 0 Å². The van der Waals surface area contributed by atoms with Crippen LogP contribution in [-0.2, 0) is 0 Å². The van der Waals surface area contributed by atoms with Crippen molar-refractivity contribution in [3.8, 4) is 0 Å². The molecule has 0 aliphatic carbocycles. The Labute approximate surface area is 80.7 Å². The monoisotopic (exact) mass is 175 g/mol. The van der Waals surface area contributed by atoms with E-state index in [2.05, 4.69) is 19.4 Å². The van der Waals surface area contributed by atoms with Gasteiger partial charge >= 0.3 is 0 Å². The van der Waals surface area contributed by atoms with E-state index in [1.807, 2.05) is 25.2 Å². The van der Waals surface area contributed by atoms with Crippen molar-refractivity contribution in [2.24, 2.45) is 0 Å². The van der Waals surface area contributed by atoms with Crippen molar-refractivity contribution in [2.45, 2.75) is 26.7 Å². The molecule has 0 heterocycles. The molecule has 0 aromatic rings. The Bertz CT molecular complexity index is 263. The molecule has 0 amide bonds. The Kier molecular flexibility index (Phi) is 6.58. The normalized spacial score (nSPS) is 11.4. The summed E-state index contributed by atoms with van der Waals surface area (Å²) in [7, 11) is 0. The van der Waals surface area contributed by atoms with Gasteiger partial charge < -0.3 is 0 Å². The Morgan fingerprint density at radius 3 is 2.62 bits per heavy atom. The van der Waals surface area contributed by atoms with E-state index in [1.165, 1.54) is 0 Å². The molecule has 1 N–H and O–H groups in total. The van der Waals surface area contributed by atoms with Crippen LogP contribution in [0, 0.1) is 5.41 Å². The van der Waals surface area contributed by atoms with Gasteiger partial charge in [0.15, 0.2) is 0 Å². The number of hydrogen-bond donors (Lipinski definition) is 1. The van der Waals surface area contributed by atoms with Gasteiger partial charge in [0.25, 0.3) is 0 Å². The minimum atomic E-state index is 0.993. The topological polar surface area (TPSA) is 23.9 Å². The average molecular weight is 175 g/mol. The van der Waals surface area contributed by atoms with Gasteiger partial charge in [-0.2, -0.15) is 0 Å². The van der Waals surface area contributed by atoms with Crippen molar-refractivity contribution >= 4 is 5.87 Å². The van der Waals surface area contributed by atoms with Crippen molar-refractivity contribution in [3.05, 3.63) is 42.0 Å². The smallest absolute Gasteiger partial charge is 0.00591 e. The maximum atomic E-state index is 6.80. The zero-order chi connectivity index (χ0) is 10.1. The van der Waals surface area contributed by atoms with E-state index < -0.39 is 0 Å². The lowest BCUT2D eigenvalue weighted by atomic mass is 10.1. The van der Waals surface area contributed by atoms with Crippen LogP contribution in [0.3, 0.4) is 0 Å². The Balaban J connectivity index is 4.24. The van der Waals surface area contributed by atoms with E-state index in [9.17, 15) is 0 Å². The van der Waals surface area contributed by atoms with Crippen molar-refractivity contribution in [1.29, 1.82) is 5.41 Å². The van der Waals surface area contributed by atoms with Crippen LogP contribution in [-0.4, -0.2) is 5.87 Å². The standard InChI is InChI=1S/C12H17N/c1-4-6-11(3)7-8-12(5-2)9-10-13/h5,7-9,13H,3-4,6H2,1-2H3/b8-7-,12-5+. The fourth-order valence-electron chi connectivity index (χ4n) is 0.930. The first-order valence-corrected chi connectivity index (χ1v) is 4.52. The molecule has 0 atom stereocenters. The van der Waals surface area contributed by atoms with Crippen LogP contribution in [0.2, 0.25) is 0 Å². The van der Waals surface area contributed by atoms with Crippen LogP contribution in [0.25, 0.3) is 0 Å². The zero-order valence-corrected chi connectivity index (χ0v) is 8.43. The number of rotatable bonds is 5. The second kappa shape index (κ2) is 7.33. The van der Waals surface area contributed by atoms with E-state index in [-0.39, 0.29) is 0 Å². The van der Waals surface area contributed by atoms with Crippen molar-refractivity contribution in [1.82, 2.24) is 0 Å². The van der Waals surface area contributed by atoms with E-state index in [0.717, 1.165) is 24.0 Å². The zero-order valence-electron chi connectivity index (χ0n) is 8.43. The third kappa shape index (κ3) is 5.89. The summed E-state index contributed by atoms with van der Waals surface area (Å²) in [6, 6.07) is 0. The molecule has 0 aliphatic heterocycles. The molecular weight excluding hydrogens is 158 g/mol. The summed E-state index contributed by atoms with van der Waals surface area (Å²) >= 11 is 0. The van der Waals surface area contributed by atoms with Gasteiger partial charge in [-0.3, -0.25) is 5.41 Å². The second-order valence-corrected chi connectivity index (χ2v) is 2.82. The summed E-state index contributed by atoms with van der Waals surface area (Å²) in [6.45, 7) is 7.99. The summed E-state index contributed by atoms with van der Waals surface area (Å²) < 4.78 is 0. The van der Waals surface area contributed by atoms with Gasteiger partial charge in [0.1, 0.15) is 0 Å². The molecule has 0 radical (unpaired) electrons. The molecule has 13 heavy (non-hydrogen) atoms. The molecule has 0 saturated heterocycles.